The summed E-state index contributed by atoms with van der Waals surface area (Å²) in [6.45, 7) is 0.0753. The molecule has 2 saturated heterocycles. The molecule has 1 N–H and O–H groups in total. The van der Waals surface area contributed by atoms with Crippen LogP contribution in [0.5, 0.6) is 5.75 Å². The Labute approximate surface area is 185 Å². The van der Waals surface area contributed by atoms with Gasteiger partial charge in [0.2, 0.25) is 0 Å². The number of piperidine rings is 1. The number of sulfone groups is 1. The van der Waals surface area contributed by atoms with E-state index in [4.69, 9.17) is 4.74 Å². The van der Waals surface area contributed by atoms with E-state index >= 15 is 0 Å². The lowest BCUT2D eigenvalue weighted by molar-refractivity contribution is 0.155. The number of carbonyl (C=O) groups excluding carboxylic acids is 1. The molecule has 12 heteroatoms. The van der Waals surface area contributed by atoms with Crippen molar-refractivity contribution in [3.05, 3.63) is 41.8 Å². The van der Waals surface area contributed by atoms with Crippen molar-refractivity contribution in [2.75, 3.05) is 37.8 Å². The molecule has 2 aromatic rings. The zero-order valence-electron chi connectivity index (χ0n) is 16.8. The predicted octanol–water partition coefficient (Wildman–Crippen LogP) is 1.85. The van der Waals surface area contributed by atoms with Crippen LogP contribution in [0.25, 0.3) is 0 Å². The van der Waals surface area contributed by atoms with Crippen LogP contribution in [-0.2, 0) is 19.9 Å². The molecule has 2 unspecified atom stereocenters. The third-order valence-electron chi connectivity index (χ3n) is 5.66. The number of anilines is 1. The van der Waals surface area contributed by atoms with Crippen molar-refractivity contribution < 1.29 is 26.4 Å². The molecule has 3 heterocycles. The Balaban J connectivity index is 1.52. The van der Waals surface area contributed by atoms with E-state index in [0.717, 1.165) is 11.3 Å². The fraction of sp³-hybridized carbons (Fsp3) is 0.421. The number of hydrogen-bond donors (Lipinski definition) is 1. The molecule has 0 spiro atoms. The number of methoxy groups -OCH3 is 1. The van der Waals surface area contributed by atoms with Gasteiger partial charge in [-0.1, -0.05) is 6.07 Å². The summed E-state index contributed by atoms with van der Waals surface area (Å²) in [7, 11) is -5.74. The number of sulfonamides is 1. The average Bonchev–Trinajstić information content (AvgIpc) is 3.30. The number of fused-ring (bicyclic) bond motifs is 1. The Morgan fingerprint density at radius 3 is 2.58 bits per heavy atom. The number of benzene rings is 1. The van der Waals surface area contributed by atoms with Gasteiger partial charge in [0.05, 0.1) is 24.2 Å². The molecule has 168 valence electrons. The van der Waals surface area contributed by atoms with Crippen LogP contribution < -0.4 is 10.1 Å². The lowest BCUT2D eigenvalue weighted by atomic mass is 10.0. The number of hydrogen-bond acceptors (Lipinski definition) is 7. The summed E-state index contributed by atoms with van der Waals surface area (Å²) >= 11 is 1.10. The molecule has 2 amide bonds. The van der Waals surface area contributed by atoms with E-state index in [1.165, 1.54) is 15.3 Å². The number of rotatable bonds is 4. The standard InChI is InChI=1S/C19H23N3O6S3/c1-28-15-6-4-14(5-7-15)20-19(23)22-10-12-30(24,25)17-13-21(9-8-16(17)22)31(26,27)18-3-2-11-29-18/h2-7,11,16-17H,8-10,12-13H2,1H3,(H,20,23). The van der Waals surface area contributed by atoms with Crippen LogP contribution in [0.15, 0.2) is 46.0 Å². The molecule has 2 fully saturated rings. The Morgan fingerprint density at radius 1 is 1.19 bits per heavy atom. The summed E-state index contributed by atoms with van der Waals surface area (Å²) in [5.74, 6) is 0.457. The molecular weight excluding hydrogens is 462 g/mol. The van der Waals surface area contributed by atoms with Crippen LogP contribution in [0.2, 0.25) is 0 Å². The van der Waals surface area contributed by atoms with Gasteiger partial charge in [0, 0.05) is 25.3 Å². The minimum absolute atomic E-state index is 0.0726. The Bertz CT molecular complexity index is 1150. The topological polar surface area (TPSA) is 113 Å². The maximum Gasteiger partial charge on any atom is 0.322 e. The smallest absolute Gasteiger partial charge is 0.322 e. The zero-order chi connectivity index (χ0) is 22.2. The number of nitrogens with one attached hydrogen (secondary N) is 1. The van der Waals surface area contributed by atoms with Crippen molar-refractivity contribution in [2.45, 2.75) is 21.9 Å². The number of carbonyl (C=O) groups is 1. The van der Waals surface area contributed by atoms with Gasteiger partial charge in [-0.15, -0.1) is 11.3 Å². The molecule has 0 saturated carbocycles. The molecular formula is C19H23N3O6S3. The van der Waals surface area contributed by atoms with E-state index in [-0.39, 0.29) is 36.0 Å². The van der Waals surface area contributed by atoms with Crippen molar-refractivity contribution in [3.8, 4) is 5.75 Å². The van der Waals surface area contributed by atoms with Crippen LogP contribution in [0.1, 0.15) is 6.42 Å². The first kappa shape index (κ1) is 22.1. The first-order valence-corrected chi connectivity index (χ1v) is 13.7. The summed E-state index contributed by atoms with van der Waals surface area (Å²) in [6.07, 6.45) is 0.254. The van der Waals surface area contributed by atoms with E-state index in [1.54, 1.807) is 42.8 Å². The lowest BCUT2D eigenvalue weighted by Gasteiger charge is -2.45. The fourth-order valence-corrected chi connectivity index (χ4v) is 8.65. The highest BCUT2D eigenvalue weighted by molar-refractivity contribution is 7.92. The van der Waals surface area contributed by atoms with Crippen LogP contribution in [0, 0.1) is 0 Å². The van der Waals surface area contributed by atoms with Crippen molar-refractivity contribution in [3.63, 3.8) is 0 Å². The zero-order valence-corrected chi connectivity index (χ0v) is 19.2. The SMILES string of the molecule is COc1ccc(NC(=O)N2CCS(=O)(=O)C3CN(S(=O)(=O)c4cccs4)CCC32)cc1. The van der Waals surface area contributed by atoms with E-state index in [9.17, 15) is 21.6 Å². The van der Waals surface area contributed by atoms with Gasteiger partial charge in [-0.25, -0.2) is 21.6 Å². The van der Waals surface area contributed by atoms with E-state index in [2.05, 4.69) is 5.32 Å². The van der Waals surface area contributed by atoms with Gasteiger partial charge in [0.15, 0.2) is 9.84 Å². The maximum atomic E-state index is 12.9. The minimum atomic E-state index is -3.76. The second-order valence-electron chi connectivity index (χ2n) is 7.41. The van der Waals surface area contributed by atoms with Gasteiger partial charge >= 0.3 is 6.03 Å². The highest BCUT2D eigenvalue weighted by atomic mass is 32.2. The highest BCUT2D eigenvalue weighted by Crippen LogP contribution is 2.32. The summed E-state index contributed by atoms with van der Waals surface area (Å²) in [6, 6.07) is 9.01. The van der Waals surface area contributed by atoms with Gasteiger partial charge in [0.25, 0.3) is 10.0 Å². The molecule has 1 aromatic carbocycles. The molecule has 2 aliphatic rings. The summed E-state index contributed by atoms with van der Waals surface area (Å²) in [5, 5.41) is 3.51. The number of thiophene rings is 1. The van der Waals surface area contributed by atoms with Gasteiger partial charge in [-0.3, -0.25) is 0 Å². The molecule has 0 radical (unpaired) electrons. The number of ether oxygens (including phenoxy) is 1. The van der Waals surface area contributed by atoms with Crippen LogP contribution in [-0.4, -0.2) is 75.9 Å². The molecule has 4 rings (SSSR count). The van der Waals surface area contributed by atoms with Crippen LogP contribution in [0.4, 0.5) is 10.5 Å². The van der Waals surface area contributed by atoms with Gasteiger partial charge in [0.1, 0.15) is 9.96 Å². The van der Waals surface area contributed by atoms with E-state index in [1.807, 2.05) is 0 Å². The van der Waals surface area contributed by atoms with Gasteiger partial charge in [-0.05, 0) is 42.1 Å². The van der Waals surface area contributed by atoms with Gasteiger partial charge < -0.3 is 15.0 Å². The van der Waals surface area contributed by atoms with Crippen molar-refractivity contribution in [1.82, 2.24) is 9.21 Å². The number of urea groups is 1. The molecule has 31 heavy (non-hydrogen) atoms. The molecule has 9 nitrogen and oxygen atoms in total. The molecule has 0 aliphatic carbocycles. The second kappa shape index (κ2) is 8.41. The normalized spacial score (nSPS) is 23.7. The molecule has 2 atom stereocenters. The van der Waals surface area contributed by atoms with Crippen molar-refractivity contribution in [2.24, 2.45) is 0 Å². The van der Waals surface area contributed by atoms with Crippen molar-refractivity contribution >= 4 is 42.9 Å². The maximum absolute atomic E-state index is 12.9. The first-order chi connectivity index (χ1) is 14.7. The Morgan fingerprint density at radius 2 is 1.94 bits per heavy atom. The quantitative estimate of drug-likeness (QED) is 0.707. The third kappa shape index (κ3) is 4.29. The summed E-state index contributed by atoms with van der Waals surface area (Å²) < 4.78 is 57.8. The Kier molecular flexibility index (Phi) is 5.99. The second-order valence-corrected chi connectivity index (χ2v) is 12.9. The average molecular weight is 486 g/mol. The summed E-state index contributed by atoms with van der Waals surface area (Å²) in [4.78, 5) is 14.4. The van der Waals surface area contributed by atoms with Crippen LogP contribution >= 0.6 is 11.3 Å². The third-order valence-corrected chi connectivity index (χ3v) is 11.0. The Hall–Kier alpha value is -2.15. The molecule has 2 aliphatic heterocycles. The van der Waals surface area contributed by atoms with E-state index < -0.39 is 37.2 Å². The summed E-state index contributed by atoms with van der Waals surface area (Å²) in [5.41, 5.74) is 0.563. The largest absolute Gasteiger partial charge is 0.497 e. The van der Waals surface area contributed by atoms with E-state index in [0.29, 0.717) is 11.4 Å². The molecule has 0 bridgehead atoms. The minimum Gasteiger partial charge on any atom is -0.497 e. The van der Waals surface area contributed by atoms with Gasteiger partial charge in [-0.2, -0.15) is 4.31 Å². The monoisotopic (exact) mass is 485 g/mol. The highest BCUT2D eigenvalue weighted by Gasteiger charge is 2.48. The number of amides is 2. The fourth-order valence-electron chi connectivity index (χ4n) is 4.01. The predicted molar refractivity (Wildman–Crippen MR) is 118 cm³/mol. The molecule has 1 aromatic heterocycles. The number of nitrogens with zero attached hydrogens (tertiary/aromatic N) is 2. The first-order valence-electron chi connectivity index (χ1n) is 9.69. The van der Waals surface area contributed by atoms with Crippen molar-refractivity contribution in [1.29, 1.82) is 0 Å². The lowest BCUT2D eigenvalue weighted by Crippen LogP contribution is -2.64. The van der Waals surface area contributed by atoms with Crippen LogP contribution in [0.3, 0.4) is 0 Å².